The average Bonchev–Trinajstić information content (AvgIpc) is 3.11. The maximum absolute atomic E-state index is 9.38. The molecular formula is C25H49N2O+. The Morgan fingerprint density at radius 1 is 0.857 bits per heavy atom. The van der Waals surface area contributed by atoms with Crippen molar-refractivity contribution in [3.8, 4) is 0 Å². The van der Waals surface area contributed by atoms with Crippen molar-refractivity contribution in [2.45, 2.75) is 116 Å². The molecule has 0 aromatic heterocycles. The molecule has 0 saturated heterocycles. The summed E-state index contributed by atoms with van der Waals surface area (Å²) in [4.78, 5) is 4.71. The minimum Gasteiger partial charge on any atom is -0.391 e. The van der Waals surface area contributed by atoms with Crippen LogP contribution in [-0.2, 0) is 0 Å². The Morgan fingerprint density at radius 2 is 1.43 bits per heavy atom. The lowest BCUT2D eigenvalue weighted by Crippen LogP contribution is -2.53. The van der Waals surface area contributed by atoms with Gasteiger partial charge in [0, 0.05) is 6.42 Å². The van der Waals surface area contributed by atoms with Crippen molar-refractivity contribution in [3.05, 3.63) is 12.2 Å². The smallest absolute Gasteiger partial charge is 0.182 e. The largest absolute Gasteiger partial charge is 0.391 e. The van der Waals surface area contributed by atoms with E-state index in [0.29, 0.717) is 6.17 Å². The zero-order chi connectivity index (χ0) is 20.3. The molecule has 1 rings (SSSR count). The lowest BCUT2D eigenvalue weighted by molar-refractivity contribution is -0.936. The van der Waals surface area contributed by atoms with Crippen LogP contribution < -0.4 is 0 Å². The zero-order valence-electron chi connectivity index (χ0n) is 19.1. The molecule has 0 spiro atoms. The number of aliphatic hydroxyl groups excluding tert-OH is 1. The van der Waals surface area contributed by atoms with Gasteiger partial charge in [-0.2, -0.15) is 0 Å². The van der Waals surface area contributed by atoms with Crippen LogP contribution in [-0.4, -0.2) is 48.2 Å². The Labute approximate surface area is 175 Å². The van der Waals surface area contributed by atoms with Crippen molar-refractivity contribution in [2.24, 2.45) is 4.99 Å². The number of unbranched alkanes of at least 4 members (excludes halogenated alkanes) is 12. The van der Waals surface area contributed by atoms with Gasteiger partial charge in [0.05, 0.1) is 19.4 Å². The molecule has 1 N–H and O–H groups in total. The van der Waals surface area contributed by atoms with E-state index < -0.39 is 0 Å². The Bertz CT molecular complexity index is 407. The van der Waals surface area contributed by atoms with Crippen LogP contribution in [0.15, 0.2) is 17.1 Å². The van der Waals surface area contributed by atoms with Crippen LogP contribution in [0.5, 0.6) is 0 Å². The number of aliphatic imine (C=N–C) groups is 1. The first-order valence-corrected chi connectivity index (χ1v) is 12.4. The van der Waals surface area contributed by atoms with Gasteiger partial charge < -0.3 is 5.11 Å². The quantitative estimate of drug-likeness (QED) is 0.149. The number of allylic oxidation sites excluding steroid dienone is 2. The minimum absolute atomic E-state index is 0.279. The van der Waals surface area contributed by atoms with Crippen LogP contribution in [0.3, 0.4) is 0 Å². The van der Waals surface area contributed by atoms with Crippen LogP contribution in [0.4, 0.5) is 0 Å². The van der Waals surface area contributed by atoms with E-state index >= 15 is 0 Å². The lowest BCUT2D eigenvalue weighted by Gasteiger charge is -2.37. The molecule has 28 heavy (non-hydrogen) atoms. The summed E-state index contributed by atoms with van der Waals surface area (Å²) in [6.45, 7) is 7.74. The zero-order valence-corrected chi connectivity index (χ0v) is 19.1. The molecule has 2 unspecified atom stereocenters. The summed E-state index contributed by atoms with van der Waals surface area (Å²) in [5.74, 6) is 0. The molecule has 0 amide bonds. The van der Waals surface area contributed by atoms with Crippen molar-refractivity contribution in [1.29, 1.82) is 0 Å². The van der Waals surface area contributed by atoms with E-state index in [1.807, 2.05) is 0 Å². The monoisotopic (exact) mass is 393 g/mol. The van der Waals surface area contributed by atoms with Gasteiger partial charge in [-0.15, -0.1) is 0 Å². The van der Waals surface area contributed by atoms with E-state index in [4.69, 9.17) is 4.99 Å². The van der Waals surface area contributed by atoms with Crippen molar-refractivity contribution in [2.75, 3.05) is 26.2 Å². The summed E-state index contributed by atoms with van der Waals surface area (Å²) >= 11 is 0. The summed E-state index contributed by atoms with van der Waals surface area (Å²) < 4.78 is 0.974. The molecular weight excluding hydrogens is 344 g/mol. The Morgan fingerprint density at radius 3 is 2.00 bits per heavy atom. The van der Waals surface area contributed by atoms with Crippen LogP contribution in [0, 0.1) is 0 Å². The van der Waals surface area contributed by atoms with E-state index in [1.165, 1.54) is 96.3 Å². The third kappa shape index (κ3) is 10.8. The molecule has 1 heterocycles. The van der Waals surface area contributed by atoms with Crippen LogP contribution in [0.2, 0.25) is 0 Å². The second kappa shape index (κ2) is 17.2. The third-order valence-corrected chi connectivity index (χ3v) is 6.50. The molecule has 0 saturated carbocycles. The molecule has 3 nitrogen and oxygen atoms in total. The standard InChI is InChI=1S/C25H49N2O/c1-3-5-6-7-8-9-10-11-12-13-14-15-16-17-18-19-20-25-26-21-22-27(25,4-2)23-24-28/h11-12,21,25,28H,3-10,13-20,22-24H2,1-2H3/q+1/b12-11+. The fourth-order valence-electron chi connectivity index (χ4n) is 4.45. The Hall–Kier alpha value is -0.670. The fourth-order valence-corrected chi connectivity index (χ4v) is 4.45. The Kier molecular flexibility index (Phi) is 15.6. The molecule has 1 aliphatic heterocycles. The number of quaternary nitrogens is 1. The molecule has 0 bridgehead atoms. The first kappa shape index (κ1) is 25.4. The molecule has 0 aromatic rings. The second-order valence-electron chi connectivity index (χ2n) is 8.70. The van der Waals surface area contributed by atoms with Gasteiger partial charge in [-0.25, -0.2) is 4.99 Å². The molecule has 0 fully saturated rings. The van der Waals surface area contributed by atoms with E-state index in [9.17, 15) is 5.11 Å². The summed E-state index contributed by atoms with van der Waals surface area (Å²) in [7, 11) is 0. The topological polar surface area (TPSA) is 32.6 Å². The molecule has 0 aromatic carbocycles. The highest BCUT2D eigenvalue weighted by atomic mass is 16.3. The summed E-state index contributed by atoms with van der Waals surface area (Å²) in [6, 6.07) is 0. The number of nitrogens with zero attached hydrogens (tertiary/aromatic N) is 2. The maximum atomic E-state index is 9.38. The van der Waals surface area contributed by atoms with Crippen molar-refractivity contribution in [1.82, 2.24) is 0 Å². The van der Waals surface area contributed by atoms with Gasteiger partial charge in [0.1, 0.15) is 13.1 Å². The first-order valence-electron chi connectivity index (χ1n) is 12.4. The lowest BCUT2D eigenvalue weighted by atomic mass is 10.1. The number of hydrogen-bond acceptors (Lipinski definition) is 2. The van der Waals surface area contributed by atoms with Gasteiger partial charge in [-0.05, 0) is 39.0 Å². The van der Waals surface area contributed by atoms with Gasteiger partial charge in [0.2, 0.25) is 0 Å². The normalized spacial score (nSPS) is 21.9. The number of likely N-dealkylation sites (N-methyl/N-ethyl adjacent to an activating group) is 1. The molecule has 0 radical (unpaired) electrons. The predicted molar refractivity (Wildman–Crippen MR) is 124 cm³/mol. The van der Waals surface area contributed by atoms with Gasteiger partial charge in [0.25, 0.3) is 0 Å². The van der Waals surface area contributed by atoms with Crippen molar-refractivity contribution in [3.63, 3.8) is 0 Å². The van der Waals surface area contributed by atoms with Crippen molar-refractivity contribution >= 4 is 6.21 Å². The fraction of sp³-hybridized carbons (Fsp3) is 0.880. The van der Waals surface area contributed by atoms with Gasteiger partial charge >= 0.3 is 0 Å². The molecule has 164 valence electrons. The summed E-state index contributed by atoms with van der Waals surface area (Å²) in [6.07, 6.45) is 27.5. The van der Waals surface area contributed by atoms with Crippen molar-refractivity contribution < 1.29 is 9.59 Å². The predicted octanol–water partition coefficient (Wildman–Crippen LogP) is 6.65. The Balaban J connectivity index is 1.90. The highest BCUT2D eigenvalue weighted by Gasteiger charge is 2.36. The highest BCUT2D eigenvalue weighted by molar-refractivity contribution is 5.60. The van der Waals surface area contributed by atoms with E-state index in [2.05, 4.69) is 32.2 Å². The van der Waals surface area contributed by atoms with E-state index in [0.717, 1.165) is 24.1 Å². The van der Waals surface area contributed by atoms with Crippen LogP contribution in [0.1, 0.15) is 110 Å². The van der Waals surface area contributed by atoms with Gasteiger partial charge in [-0.3, -0.25) is 4.48 Å². The third-order valence-electron chi connectivity index (χ3n) is 6.50. The maximum Gasteiger partial charge on any atom is 0.182 e. The van der Waals surface area contributed by atoms with Gasteiger partial charge in [0.15, 0.2) is 6.17 Å². The number of rotatable bonds is 19. The average molecular weight is 394 g/mol. The number of hydrogen-bond donors (Lipinski definition) is 1. The van der Waals surface area contributed by atoms with Gasteiger partial charge in [-0.1, -0.05) is 76.9 Å². The molecule has 2 atom stereocenters. The van der Waals surface area contributed by atoms with Crippen LogP contribution in [0.25, 0.3) is 0 Å². The summed E-state index contributed by atoms with van der Waals surface area (Å²) in [5, 5.41) is 9.38. The molecule has 0 aliphatic carbocycles. The molecule has 3 heteroatoms. The van der Waals surface area contributed by atoms with E-state index in [1.54, 1.807) is 0 Å². The summed E-state index contributed by atoms with van der Waals surface area (Å²) in [5.41, 5.74) is 0. The minimum atomic E-state index is 0.279. The van der Waals surface area contributed by atoms with Crippen LogP contribution >= 0.6 is 0 Å². The SMILES string of the molecule is CCCCCCCC/C=C/CCCCCCCCC1N=CC[N+]1(CC)CCO. The number of aliphatic hydroxyl groups is 1. The first-order chi connectivity index (χ1) is 13.8. The molecule has 1 aliphatic rings. The highest BCUT2D eigenvalue weighted by Crippen LogP contribution is 2.24. The second-order valence-corrected chi connectivity index (χ2v) is 8.70. The van der Waals surface area contributed by atoms with E-state index in [-0.39, 0.29) is 6.61 Å².